The number of halogens is 2. The van der Waals surface area contributed by atoms with Gasteiger partial charge in [0.15, 0.2) is 11.5 Å². The topological polar surface area (TPSA) is 143 Å². The number of carbonyl (C=O) groups excluding carboxylic acids is 2. The molecule has 9 nitrogen and oxygen atoms in total. The Morgan fingerprint density at radius 3 is 2.53 bits per heavy atom. The molecular weight excluding hydrogens is 448 g/mol. The van der Waals surface area contributed by atoms with Crippen molar-refractivity contribution < 1.29 is 27.8 Å². The van der Waals surface area contributed by atoms with Crippen molar-refractivity contribution in [2.75, 3.05) is 6.61 Å². The smallest absolute Gasteiger partial charge is 0.387 e. The van der Waals surface area contributed by atoms with Crippen molar-refractivity contribution in [3.63, 3.8) is 0 Å². The molecule has 1 aliphatic rings. The number of rotatable bonds is 10. The fourth-order valence-corrected chi connectivity index (χ4v) is 3.29. The lowest BCUT2D eigenvalue weighted by atomic mass is 10.0. The summed E-state index contributed by atoms with van der Waals surface area (Å²) in [6, 6.07) is 5.96. The van der Waals surface area contributed by atoms with E-state index in [1.165, 1.54) is 30.7 Å². The van der Waals surface area contributed by atoms with Gasteiger partial charge in [-0.1, -0.05) is 0 Å². The third-order valence-electron chi connectivity index (χ3n) is 5.17. The Labute approximate surface area is 193 Å². The fraction of sp³-hybridized carbons (Fsp3) is 0.261. The van der Waals surface area contributed by atoms with Gasteiger partial charge >= 0.3 is 6.61 Å². The highest BCUT2D eigenvalue weighted by atomic mass is 19.3. The highest BCUT2D eigenvalue weighted by molar-refractivity contribution is 5.96. The molecule has 0 saturated heterocycles. The van der Waals surface area contributed by atoms with Gasteiger partial charge in [-0.25, -0.2) is 9.97 Å². The van der Waals surface area contributed by atoms with Crippen molar-refractivity contribution in [1.29, 1.82) is 0 Å². The number of primary amides is 2. The van der Waals surface area contributed by atoms with Crippen LogP contribution in [-0.2, 0) is 6.42 Å². The number of aromatic nitrogens is 3. The van der Waals surface area contributed by atoms with Gasteiger partial charge in [0, 0.05) is 24.4 Å². The predicted octanol–water partition coefficient (Wildman–Crippen LogP) is 2.72. The number of amides is 2. The molecule has 2 amide bonds. The van der Waals surface area contributed by atoms with E-state index >= 15 is 0 Å². The summed E-state index contributed by atoms with van der Waals surface area (Å²) in [7, 11) is 0. The summed E-state index contributed by atoms with van der Waals surface area (Å²) in [4.78, 5) is 36.0. The summed E-state index contributed by atoms with van der Waals surface area (Å²) in [6.45, 7) is -2.57. The van der Waals surface area contributed by atoms with Crippen LogP contribution in [0.15, 0.2) is 42.9 Å². The zero-order chi connectivity index (χ0) is 24.2. The molecule has 1 aromatic carbocycles. The van der Waals surface area contributed by atoms with Gasteiger partial charge in [0.2, 0.25) is 5.91 Å². The molecule has 4 rings (SSSR count). The molecule has 3 aromatic rings. The van der Waals surface area contributed by atoms with Crippen molar-refractivity contribution in [2.24, 2.45) is 17.4 Å². The average molecular weight is 469 g/mol. The summed E-state index contributed by atoms with van der Waals surface area (Å²) in [5, 5.41) is 0. The molecule has 0 unspecified atom stereocenters. The average Bonchev–Trinajstić information content (AvgIpc) is 3.62. The fourth-order valence-electron chi connectivity index (χ4n) is 3.29. The largest absolute Gasteiger partial charge is 0.489 e. The number of nitrogens with zero attached hydrogens (tertiary/aromatic N) is 3. The number of hydrogen-bond acceptors (Lipinski definition) is 7. The summed E-state index contributed by atoms with van der Waals surface area (Å²) in [5.41, 5.74) is 12.7. The number of hydrogen-bond donors (Lipinski definition) is 2. The van der Waals surface area contributed by atoms with Crippen LogP contribution in [0.4, 0.5) is 8.78 Å². The Hall–Kier alpha value is -4.15. The molecule has 11 heteroatoms. The summed E-state index contributed by atoms with van der Waals surface area (Å²) < 4.78 is 35.9. The Balaban J connectivity index is 1.63. The van der Waals surface area contributed by atoms with Gasteiger partial charge in [-0.05, 0) is 48.6 Å². The number of alkyl halides is 2. The number of carbonyl (C=O) groups is 2. The molecule has 0 radical (unpaired) electrons. The second-order valence-electron chi connectivity index (χ2n) is 7.83. The zero-order valence-corrected chi connectivity index (χ0v) is 17.9. The molecular formula is C23H21F2N5O4. The Kier molecular flexibility index (Phi) is 6.62. The molecule has 0 bridgehead atoms. The summed E-state index contributed by atoms with van der Waals surface area (Å²) >= 11 is 0. The van der Waals surface area contributed by atoms with E-state index in [0.717, 1.165) is 12.8 Å². The lowest BCUT2D eigenvalue weighted by Gasteiger charge is -2.14. The SMILES string of the molecule is NC(=O)c1cnc(C(N)=O)c(Cc2cncc(-c3ccc(OC(F)F)c(OCC4CC4)c3)n2)c1. The second-order valence-corrected chi connectivity index (χ2v) is 7.83. The molecule has 0 aliphatic heterocycles. The van der Waals surface area contributed by atoms with E-state index in [4.69, 9.17) is 16.2 Å². The van der Waals surface area contributed by atoms with Gasteiger partial charge in [-0.3, -0.25) is 14.6 Å². The molecule has 0 spiro atoms. The highest BCUT2D eigenvalue weighted by Gasteiger charge is 2.23. The van der Waals surface area contributed by atoms with Gasteiger partial charge in [0.1, 0.15) is 5.69 Å². The maximum atomic E-state index is 12.8. The first-order valence-corrected chi connectivity index (χ1v) is 10.4. The predicted molar refractivity (Wildman–Crippen MR) is 116 cm³/mol. The van der Waals surface area contributed by atoms with Crippen LogP contribution in [0.25, 0.3) is 11.3 Å². The van der Waals surface area contributed by atoms with Gasteiger partial charge in [-0.2, -0.15) is 8.78 Å². The Bertz CT molecular complexity index is 1230. The maximum Gasteiger partial charge on any atom is 0.387 e. The molecule has 1 fully saturated rings. The maximum absolute atomic E-state index is 12.8. The molecule has 1 saturated carbocycles. The number of ether oxygens (including phenoxy) is 2. The molecule has 0 atom stereocenters. The highest BCUT2D eigenvalue weighted by Crippen LogP contribution is 2.36. The quantitative estimate of drug-likeness (QED) is 0.465. The van der Waals surface area contributed by atoms with Gasteiger partial charge < -0.3 is 20.9 Å². The Morgan fingerprint density at radius 2 is 1.85 bits per heavy atom. The number of nitrogens with two attached hydrogens (primary N) is 2. The van der Waals surface area contributed by atoms with Crippen molar-refractivity contribution in [2.45, 2.75) is 25.9 Å². The minimum Gasteiger partial charge on any atom is -0.489 e. The van der Waals surface area contributed by atoms with Crippen LogP contribution < -0.4 is 20.9 Å². The minimum absolute atomic E-state index is 0.0125. The lowest BCUT2D eigenvalue weighted by molar-refractivity contribution is -0.0515. The van der Waals surface area contributed by atoms with Crippen LogP contribution in [0.5, 0.6) is 11.5 Å². The Morgan fingerprint density at radius 1 is 1.06 bits per heavy atom. The molecule has 2 heterocycles. The van der Waals surface area contributed by atoms with Crippen molar-refractivity contribution in [3.8, 4) is 22.8 Å². The van der Waals surface area contributed by atoms with E-state index in [1.807, 2.05) is 0 Å². The number of benzene rings is 1. The van der Waals surface area contributed by atoms with Gasteiger partial charge in [-0.15, -0.1) is 0 Å². The monoisotopic (exact) mass is 469 g/mol. The third kappa shape index (κ3) is 5.61. The van der Waals surface area contributed by atoms with E-state index < -0.39 is 18.4 Å². The van der Waals surface area contributed by atoms with E-state index in [1.54, 1.807) is 12.1 Å². The standard InChI is InChI=1S/C23H21F2N5O4/c24-23(25)34-18-4-3-13(7-19(18)33-11-12-1-2-12)17-10-28-9-16(30-17)6-14-5-15(21(26)31)8-29-20(14)22(27)32/h3-5,7-10,12,23H,1-2,6,11H2,(H2,26,31)(H2,27,32). The van der Waals surface area contributed by atoms with E-state index in [-0.39, 0.29) is 29.2 Å². The minimum atomic E-state index is -2.98. The van der Waals surface area contributed by atoms with E-state index in [9.17, 15) is 18.4 Å². The molecule has 2 aromatic heterocycles. The lowest BCUT2D eigenvalue weighted by Crippen LogP contribution is -2.19. The van der Waals surface area contributed by atoms with Gasteiger partial charge in [0.05, 0.1) is 29.8 Å². The first kappa shape index (κ1) is 23.0. The first-order chi connectivity index (χ1) is 16.3. The molecule has 4 N–H and O–H groups in total. The molecule has 176 valence electrons. The van der Waals surface area contributed by atoms with Crippen LogP contribution in [0.3, 0.4) is 0 Å². The normalized spacial score (nSPS) is 13.0. The van der Waals surface area contributed by atoms with Gasteiger partial charge in [0.25, 0.3) is 5.91 Å². The van der Waals surface area contributed by atoms with Crippen LogP contribution in [0, 0.1) is 5.92 Å². The summed E-state index contributed by atoms with van der Waals surface area (Å²) in [6.07, 6.45) is 6.36. The number of pyridine rings is 1. The van der Waals surface area contributed by atoms with Crippen LogP contribution >= 0.6 is 0 Å². The first-order valence-electron chi connectivity index (χ1n) is 10.4. The molecule has 34 heavy (non-hydrogen) atoms. The molecule has 1 aliphatic carbocycles. The zero-order valence-electron chi connectivity index (χ0n) is 17.9. The van der Waals surface area contributed by atoms with Crippen LogP contribution in [0.1, 0.15) is 44.9 Å². The van der Waals surface area contributed by atoms with Crippen LogP contribution in [-0.4, -0.2) is 40.0 Å². The van der Waals surface area contributed by atoms with Crippen molar-refractivity contribution in [3.05, 3.63) is 65.4 Å². The van der Waals surface area contributed by atoms with Crippen molar-refractivity contribution >= 4 is 11.8 Å². The third-order valence-corrected chi connectivity index (χ3v) is 5.17. The van der Waals surface area contributed by atoms with Crippen LogP contribution in [0.2, 0.25) is 0 Å². The van der Waals surface area contributed by atoms with E-state index in [2.05, 4.69) is 19.7 Å². The second kappa shape index (κ2) is 9.77. The van der Waals surface area contributed by atoms with E-state index in [0.29, 0.717) is 35.0 Å². The summed E-state index contributed by atoms with van der Waals surface area (Å²) in [5.74, 6) is -0.928. The van der Waals surface area contributed by atoms with Crippen molar-refractivity contribution in [1.82, 2.24) is 15.0 Å².